The number of aromatic nitrogens is 5. The Bertz CT molecular complexity index is 2240. The van der Waals surface area contributed by atoms with E-state index in [-0.39, 0.29) is 0 Å². The van der Waals surface area contributed by atoms with Crippen molar-refractivity contribution in [2.24, 2.45) is 0 Å². The first kappa shape index (κ1) is 32.2. The van der Waals surface area contributed by atoms with Crippen molar-refractivity contribution in [3.05, 3.63) is 169 Å². The number of aryl methyl sites for hydroxylation is 1. The van der Waals surface area contributed by atoms with E-state index in [9.17, 15) is 0 Å². The number of nitrogens with zero attached hydrogens (tertiary/aromatic N) is 5. The van der Waals surface area contributed by atoms with Crippen LogP contribution in [0.15, 0.2) is 158 Å². The van der Waals surface area contributed by atoms with E-state index in [2.05, 4.69) is 91.7 Å². The van der Waals surface area contributed by atoms with Crippen LogP contribution in [0.4, 0.5) is 0 Å². The first-order valence-electron chi connectivity index (χ1n) is 16.9. The SMILES string of the molecule is C/C=C\C(=C/CC)c1cc(C)cc(-c2ccc(-c3cc(-c4ccccn4)cc(-c4nc(-c5ccccc5)nc(-c5ccccc5)n4)c3)cc2)n1. The van der Waals surface area contributed by atoms with Crippen LogP contribution in [0, 0.1) is 6.92 Å². The van der Waals surface area contributed by atoms with Crippen LogP contribution in [0.25, 0.3) is 73.4 Å². The van der Waals surface area contributed by atoms with Crippen molar-refractivity contribution >= 4 is 5.57 Å². The topological polar surface area (TPSA) is 64.5 Å². The lowest BCUT2D eigenvalue weighted by Gasteiger charge is -2.13. The van der Waals surface area contributed by atoms with E-state index in [0.29, 0.717) is 17.5 Å². The lowest BCUT2D eigenvalue weighted by Crippen LogP contribution is -2.00. The van der Waals surface area contributed by atoms with Gasteiger partial charge in [-0.05, 0) is 85.0 Å². The minimum Gasteiger partial charge on any atom is -0.256 e. The standard InChI is InChI=1S/C45H37N5/c1-4-14-33(15-5-2)41-26-31(3)27-42(47-41)34-23-21-32(22-24-34)37-28-38(40-20-12-13-25-46-40)30-39(29-37)45-49-43(35-16-8-6-9-17-35)48-44(50-45)36-18-10-7-11-19-36/h4,6-30H,5H2,1-3H3/b14-4-,33-15+. The second-order valence-electron chi connectivity index (χ2n) is 12.1. The second kappa shape index (κ2) is 14.8. The molecule has 5 nitrogen and oxygen atoms in total. The smallest absolute Gasteiger partial charge is 0.164 e. The van der Waals surface area contributed by atoms with E-state index >= 15 is 0 Å². The lowest BCUT2D eigenvalue weighted by molar-refractivity contribution is 1.07. The average molecular weight is 648 g/mol. The van der Waals surface area contributed by atoms with Gasteiger partial charge in [-0.25, -0.2) is 19.9 Å². The fraction of sp³-hybridized carbons (Fsp3) is 0.0889. The summed E-state index contributed by atoms with van der Waals surface area (Å²) in [6, 6.07) is 45.4. The number of benzene rings is 4. The van der Waals surface area contributed by atoms with Crippen molar-refractivity contribution in [2.45, 2.75) is 27.2 Å². The zero-order valence-corrected chi connectivity index (χ0v) is 28.5. The van der Waals surface area contributed by atoms with Gasteiger partial charge in [0.1, 0.15) is 0 Å². The van der Waals surface area contributed by atoms with E-state index in [1.165, 1.54) is 5.56 Å². The normalized spacial score (nSPS) is 11.6. The summed E-state index contributed by atoms with van der Waals surface area (Å²) in [5, 5.41) is 0. The maximum Gasteiger partial charge on any atom is 0.164 e. The van der Waals surface area contributed by atoms with Gasteiger partial charge in [-0.3, -0.25) is 4.98 Å². The van der Waals surface area contributed by atoms with Crippen LogP contribution in [0.5, 0.6) is 0 Å². The Kier molecular flexibility index (Phi) is 9.56. The van der Waals surface area contributed by atoms with Crippen molar-refractivity contribution in [2.75, 3.05) is 0 Å². The van der Waals surface area contributed by atoms with Gasteiger partial charge < -0.3 is 0 Å². The summed E-state index contributed by atoms with van der Waals surface area (Å²) in [5.41, 5.74) is 12.0. The molecule has 3 heterocycles. The highest BCUT2D eigenvalue weighted by molar-refractivity contribution is 5.81. The quantitative estimate of drug-likeness (QED) is 0.146. The van der Waals surface area contributed by atoms with Crippen LogP contribution in [-0.2, 0) is 0 Å². The minimum atomic E-state index is 0.599. The Morgan fingerprint density at radius 1 is 0.520 bits per heavy atom. The molecule has 0 fully saturated rings. The van der Waals surface area contributed by atoms with Gasteiger partial charge in [0.05, 0.1) is 17.1 Å². The van der Waals surface area contributed by atoms with E-state index < -0.39 is 0 Å². The monoisotopic (exact) mass is 647 g/mol. The van der Waals surface area contributed by atoms with Gasteiger partial charge in [-0.2, -0.15) is 0 Å². The molecule has 0 unspecified atom stereocenters. The highest BCUT2D eigenvalue weighted by atomic mass is 15.0. The molecule has 0 amide bonds. The number of allylic oxidation sites excluding steroid dienone is 4. The Morgan fingerprint density at radius 2 is 1.10 bits per heavy atom. The Hall–Kier alpha value is -6.33. The van der Waals surface area contributed by atoms with Crippen LogP contribution in [0.2, 0.25) is 0 Å². The first-order valence-corrected chi connectivity index (χ1v) is 16.9. The van der Waals surface area contributed by atoms with Gasteiger partial charge in [0, 0.05) is 34.0 Å². The fourth-order valence-corrected chi connectivity index (χ4v) is 6.00. The summed E-state index contributed by atoms with van der Waals surface area (Å²) < 4.78 is 0. The van der Waals surface area contributed by atoms with Gasteiger partial charge in [-0.15, -0.1) is 0 Å². The predicted octanol–water partition coefficient (Wildman–Crippen LogP) is 11.3. The number of hydrogen-bond acceptors (Lipinski definition) is 5. The molecule has 0 bridgehead atoms. The lowest BCUT2D eigenvalue weighted by atomic mass is 9.96. The number of pyridine rings is 2. The van der Waals surface area contributed by atoms with Gasteiger partial charge in [-0.1, -0.05) is 116 Å². The van der Waals surface area contributed by atoms with Crippen molar-refractivity contribution in [1.82, 2.24) is 24.9 Å². The molecule has 4 aromatic carbocycles. The summed E-state index contributed by atoms with van der Waals surface area (Å²) in [5.74, 6) is 1.85. The van der Waals surface area contributed by atoms with Gasteiger partial charge in [0.15, 0.2) is 17.5 Å². The number of rotatable bonds is 9. The van der Waals surface area contributed by atoms with Crippen LogP contribution in [-0.4, -0.2) is 24.9 Å². The average Bonchev–Trinajstić information content (AvgIpc) is 3.18. The van der Waals surface area contributed by atoms with Gasteiger partial charge >= 0.3 is 0 Å². The Morgan fingerprint density at radius 3 is 1.70 bits per heavy atom. The molecule has 0 aliphatic heterocycles. The summed E-state index contributed by atoms with van der Waals surface area (Å²) in [7, 11) is 0. The van der Waals surface area contributed by atoms with Gasteiger partial charge in [0.25, 0.3) is 0 Å². The Balaban J connectivity index is 1.34. The van der Waals surface area contributed by atoms with Crippen LogP contribution in [0.3, 0.4) is 0 Å². The molecule has 50 heavy (non-hydrogen) atoms. The van der Waals surface area contributed by atoms with Crippen LogP contribution >= 0.6 is 0 Å². The molecule has 0 saturated heterocycles. The molecule has 5 heteroatoms. The highest BCUT2D eigenvalue weighted by Crippen LogP contribution is 2.34. The first-order chi connectivity index (χ1) is 24.6. The third-order valence-corrected chi connectivity index (χ3v) is 8.40. The maximum atomic E-state index is 5.07. The van der Waals surface area contributed by atoms with Crippen LogP contribution in [0.1, 0.15) is 31.5 Å². The van der Waals surface area contributed by atoms with Crippen molar-refractivity contribution < 1.29 is 0 Å². The molecule has 242 valence electrons. The molecule has 0 N–H and O–H groups in total. The molecule has 0 saturated carbocycles. The third kappa shape index (κ3) is 7.23. The zero-order valence-electron chi connectivity index (χ0n) is 28.5. The molecule has 0 spiro atoms. The van der Waals surface area contributed by atoms with Crippen LogP contribution < -0.4 is 0 Å². The molecule has 3 aromatic heterocycles. The molecular weight excluding hydrogens is 611 g/mol. The van der Waals surface area contributed by atoms with E-state index in [4.69, 9.17) is 19.9 Å². The summed E-state index contributed by atoms with van der Waals surface area (Å²) >= 11 is 0. The molecule has 7 rings (SSSR count). The molecular formula is C45H37N5. The van der Waals surface area contributed by atoms with E-state index in [0.717, 1.165) is 68.0 Å². The largest absolute Gasteiger partial charge is 0.256 e. The van der Waals surface area contributed by atoms with E-state index in [1.54, 1.807) is 0 Å². The molecule has 7 aromatic rings. The third-order valence-electron chi connectivity index (χ3n) is 8.40. The molecule has 0 atom stereocenters. The van der Waals surface area contributed by atoms with Gasteiger partial charge in [0.2, 0.25) is 0 Å². The van der Waals surface area contributed by atoms with E-state index in [1.807, 2.05) is 92.0 Å². The molecule has 0 radical (unpaired) electrons. The fourth-order valence-electron chi connectivity index (χ4n) is 6.00. The summed E-state index contributed by atoms with van der Waals surface area (Å²) in [4.78, 5) is 24.7. The van der Waals surface area contributed by atoms with Crippen molar-refractivity contribution in [3.63, 3.8) is 0 Å². The summed E-state index contributed by atoms with van der Waals surface area (Å²) in [6.45, 7) is 6.32. The summed E-state index contributed by atoms with van der Waals surface area (Å²) in [6.07, 6.45) is 9.18. The zero-order chi connectivity index (χ0) is 34.3. The molecule has 0 aliphatic rings. The maximum absolute atomic E-state index is 5.07. The minimum absolute atomic E-state index is 0.599. The van der Waals surface area contributed by atoms with Crippen molar-refractivity contribution in [1.29, 1.82) is 0 Å². The predicted molar refractivity (Wildman–Crippen MR) is 206 cm³/mol. The number of hydrogen-bond donors (Lipinski definition) is 0. The van der Waals surface area contributed by atoms with Crippen molar-refractivity contribution in [3.8, 4) is 67.8 Å². The second-order valence-corrected chi connectivity index (χ2v) is 12.1. The molecule has 0 aliphatic carbocycles. The Labute approximate surface area is 293 Å². The highest BCUT2D eigenvalue weighted by Gasteiger charge is 2.15.